The van der Waals surface area contributed by atoms with Crippen molar-refractivity contribution in [3.8, 4) is 0 Å². The maximum Gasteiger partial charge on any atom is 0.241 e. The van der Waals surface area contributed by atoms with Crippen molar-refractivity contribution in [2.24, 2.45) is 11.7 Å². The highest BCUT2D eigenvalue weighted by Crippen LogP contribution is 2.28. The van der Waals surface area contributed by atoms with E-state index in [1.165, 1.54) is 19.3 Å². The highest BCUT2D eigenvalue weighted by molar-refractivity contribution is 5.95. The molecule has 0 spiro atoms. The molecule has 0 bridgehead atoms. The first kappa shape index (κ1) is 17.9. The fraction of sp³-hybridized carbons (Fsp3) is 0.600. The molecule has 2 amide bonds. The number of primary amides is 1. The molecule has 1 heterocycles. The Labute approximate surface area is 150 Å². The molecule has 1 aliphatic carbocycles. The second kappa shape index (κ2) is 8.48. The van der Waals surface area contributed by atoms with Gasteiger partial charge >= 0.3 is 0 Å². The molecule has 2 fully saturated rings. The van der Waals surface area contributed by atoms with Crippen molar-refractivity contribution in [3.05, 3.63) is 30.3 Å². The van der Waals surface area contributed by atoms with E-state index < -0.39 is 0 Å². The second-order valence-electron chi connectivity index (χ2n) is 7.37. The predicted molar refractivity (Wildman–Crippen MR) is 99.2 cm³/mol. The summed E-state index contributed by atoms with van der Waals surface area (Å²) in [6.45, 7) is 1.84. The molecular weight excluding hydrogens is 314 g/mol. The monoisotopic (exact) mass is 343 g/mol. The Kier molecular flexibility index (Phi) is 6.08. The Hall–Kier alpha value is -1.88. The molecule has 5 nitrogen and oxygen atoms in total. The summed E-state index contributed by atoms with van der Waals surface area (Å²) < 4.78 is 0. The summed E-state index contributed by atoms with van der Waals surface area (Å²) in [5, 5.41) is 0. The molecule has 1 aromatic carbocycles. The fourth-order valence-electron chi connectivity index (χ4n) is 4.19. The number of likely N-dealkylation sites (tertiary alicyclic amines) is 1. The van der Waals surface area contributed by atoms with Crippen LogP contribution in [-0.4, -0.2) is 42.4 Å². The lowest BCUT2D eigenvalue weighted by atomic mass is 9.93. The van der Waals surface area contributed by atoms with Crippen LogP contribution in [0, 0.1) is 5.92 Å². The first-order valence-corrected chi connectivity index (χ1v) is 9.54. The number of piperidine rings is 1. The second-order valence-corrected chi connectivity index (χ2v) is 7.37. The number of anilines is 1. The Morgan fingerprint density at radius 3 is 2.44 bits per heavy atom. The fourth-order valence-corrected chi connectivity index (χ4v) is 4.19. The van der Waals surface area contributed by atoms with Crippen molar-refractivity contribution in [3.63, 3.8) is 0 Å². The minimum absolute atomic E-state index is 0.124. The van der Waals surface area contributed by atoms with Crippen LogP contribution in [0.4, 0.5) is 5.69 Å². The SMILES string of the molecule is NC(=O)[C@H]1CCCN(CC(=O)N(c2ccccc2)C2CCCCC2)C1. The number of benzene rings is 1. The van der Waals surface area contributed by atoms with E-state index in [1.807, 2.05) is 35.2 Å². The van der Waals surface area contributed by atoms with Crippen molar-refractivity contribution in [1.29, 1.82) is 0 Å². The molecule has 0 radical (unpaired) electrons. The summed E-state index contributed by atoms with van der Waals surface area (Å²) in [6.07, 6.45) is 7.55. The molecule has 1 saturated heterocycles. The first-order valence-electron chi connectivity index (χ1n) is 9.54. The van der Waals surface area contributed by atoms with Crippen LogP contribution >= 0.6 is 0 Å². The third-order valence-electron chi connectivity index (χ3n) is 5.51. The van der Waals surface area contributed by atoms with Crippen molar-refractivity contribution in [1.82, 2.24) is 4.90 Å². The Morgan fingerprint density at radius 1 is 1.04 bits per heavy atom. The third-order valence-corrected chi connectivity index (χ3v) is 5.51. The molecule has 25 heavy (non-hydrogen) atoms. The smallest absolute Gasteiger partial charge is 0.241 e. The molecule has 2 aliphatic rings. The van der Waals surface area contributed by atoms with Gasteiger partial charge in [0.1, 0.15) is 0 Å². The number of hydrogen-bond donors (Lipinski definition) is 1. The topological polar surface area (TPSA) is 66.6 Å². The van der Waals surface area contributed by atoms with Crippen LogP contribution in [0.2, 0.25) is 0 Å². The van der Waals surface area contributed by atoms with Crippen molar-refractivity contribution < 1.29 is 9.59 Å². The van der Waals surface area contributed by atoms with E-state index in [0.29, 0.717) is 19.1 Å². The quantitative estimate of drug-likeness (QED) is 0.893. The standard InChI is InChI=1S/C20H29N3O2/c21-20(25)16-8-7-13-22(14-16)15-19(24)23(17-9-3-1-4-10-17)18-11-5-2-6-12-18/h1,3-4,9-10,16,18H,2,5-8,11-15H2,(H2,21,25)/t16-/m0/s1. The van der Waals surface area contributed by atoms with Gasteiger partial charge in [0, 0.05) is 18.3 Å². The molecule has 0 unspecified atom stereocenters. The largest absolute Gasteiger partial charge is 0.369 e. The molecule has 2 N–H and O–H groups in total. The van der Waals surface area contributed by atoms with Gasteiger partial charge in [0.05, 0.1) is 12.5 Å². The van der Waals surface area contributed by atoms with Gasteiger partial charge in [-0.15, -0.1) is 0 Å². The molecule has 0 aromatic heterocycles. The number of hydrogen-bond acceptors (Lipinski definition) is 3. The van der Waals surface area contributed by atoms with E-state index in [9.17, 15) is 9.59 Å². The van der Waals surface area contributed by atoms with Crippen molar-refractivity contribution in [2.75, 3.05) is 24.5 Å². The van der Waals surface area contributed by atoms with E-state index >= 15 is 0 Å². The minimum Gasteiger partial charge on any atom is -0.369 e. The van der Waals surface area contributed by atoms with Gasteiger partial charge in [-0.3, -0.25) is 14.5 Å². The number of para-hydroxylation sites is 1. The number of rotatable bonds is 5. The summed E-state index contributed by atoms with van der Waals surface area (Å²) in [5.41, 5.74) is 6.46. The van der Waals surface area contributed by atoms with Gasteiger partial charge in [0.15, 0.2) is 0 Å². The minimum atomic E-state index is -0.246. The van der Waals surface area contributed by atoms with Crippen LogP contribution in [0.5, 0.6) is 0 Å². The van der Waals surface area contributed by atoms with Gasteiger partial charge in [-0.2, -0.15) is 0 Å². The van der Waals surface area contributed by atoms with Gasteiger partial charge in [0.2, 0.25) is 11.8 Å². The first-order chi connectivity index (χ1) is 12.1. The summed E-state index contributed by atoms with van der Waals surface area (Å²) >= 11 is 0. The van der Waals surface area contributed by atoms with E-state index in [4.69, 9.17) is 5.73 Å². The number of carbonyl (C=O) groups excluding carboxylic acids is 2. The molecule has 1 saturated carbocycles. The average molecular weight is 343 g/mol. The maximum absolute atomic E-state index is 13.2. The van der Waals surface area contributed by atoms with E-state index in [0.717, 1.165) is 37.9 Å². The zero-order valence-corrected chi connectivity index (χ0v) is 14.9. The third kappa shape index (κ3) is 4.60. The zero-order valence-electron chi connectivity index (χ0n) is 14.9. The average Bonchev–Trinajstić information content (AvgIpc) is 2.64. The van der Waals surface area contributed by atoms with Crippen LogP contribution < -0.4 is 10.6 Å². The van der Waals surface area contributed by atoms with Gasteiger partial charge in [-0.25, -0.2) is 0 Å². The van der Waals surface area contributed by atoms with Gasteiger partial charge < -0.3 is 10.6 Å². The summed E-state index contributed by atoms with van der Waals surface area (Å²) in [4.78, 5) is 28.7. The van der Waals surface area contributed by atoms with Crippen LogP contribution in [0.3, 0.4) is 0 Å². The Morgan fingerprint density at radius 2 is 1.76 bits per heavy atom. The Bertz CT molecular complexity index is 584. The van der Waals surface area contributed by atoms with Crippen molar-refractivity contribution in [2.45, 2.75) is 51.0 Å². The normalized spacial score (nSPS) is 22.5. The number of carbonyl (C=O) groups is 2. The van der Waals surface area contributed by atoms with Crippen LogP contribution in [0.1, 0.15) is 44.9 Å². The zero-order chi connectivity index (χ0) is 17.6. The lowest BCUT2D eigenvalue weighted by Gasteiger charge is -2.37. The van der Waals surface area contributed by atoms with E-state index in [-0.39, 0.29) is 17.7 Å². The Balaban J connectivity index is 1.71. The molecule has 136 valence electrons. The van der Waals surface area contributed by atoms with Gasteiger partial charge in [0.25, 0.3) is 0 Å². The van der Waals surface area contributed by atoms with Crippen molar-refractivity contribution >= 4 is 17.5 Å². The number of amides is 2. The molecule has 3 rings (SSSR count). The number of nitrogens with zero attached hydrogens (tertiary/aromatic N) is 2. The van der Waals surface area contributed by atoms with E-state index in [2.05, 4.69) is 4.90 Å². The van der Waals surface area contributed by atoms with Crippen LogP contribution in [0.15, 0.2) is 30.3 Å². The molecule has 5 heteroatoms. The predicted octanol–water partition coefficient (Wildman–Crippen LogP) is 2.55. The summed E-state index contributed by atoms with van der Waals surface area (Å²) in [6, 6.07) is 10.3. The van der Waals surface area contributed by atoms with Crippen LogP contribution in [-0.2, 0) is 9.59 Å². The highest BCUT2D eigenvalue weighted by atomic mass is 16.2. The maximum atomic E-state index is 13.2. The van der Waals surface area contributed by atoms with Gasteiger partial charge in [-0.1, -0.05) is 37.5 Å². The molecule has 1 aromatic rings. The molecular formula is C20H29N3O2. The van der Waals surface area contributed by atoms with E-state index in [1.54, 1.807) is 0 Å². The number of nitrogens with two attached hydrogens (primary N) is 1. The van der Waals surface area contributed by atoms with Crippen LogP contribution in [0.25, 0.3) is 0 Å². The lowest BCUT2D eigenvalue weighted by molar-refractivity contribution is -0.126. The summed E-state index contributed by atoms with van der Waals surface area (Å²) in [5.74, 6) is -0.228. The lowest BCUT2D eigenvalue weighted by Crippen LogP contribution is -2.49. The molecule has 1 aliphatic heterocycles. The van der Waals surface area contributed by atoms with Gasteiger partial charge in [-0.05, 0) is 44.4 Å². The summed E-state index contributed by atoms with van der Waals surface area (Å²) in [7, 11) is 0. The highest BCUT2D eigenvalue weighted by Gasteiger charge is 2.30. The molecule has 1 atom stereocenters.